The van der Waals surface area contributed by atoms with Gasteiger partial charge in [0.25, 0.3) is 11.8 Å². The Kier molecular flexibility index (Phi) is 5.99. The molecule has 3 N–H and O–H groups in total. The highest BCUT2D eigenvalue weighted by atomic mass is 32.2. The molecule has 10 nitrogen and oxygen atoms in total. The molecule has 148 valence electrons. The quantitative estimate of drug-likeness (QED) is 0.207. The number of nitrogens with zero attached hydrogens (tertiary/aromatic N) is 3. The first-order chi connectivity index (χ1) is 13.5. The van der Waals surface area contributed by atoms with Gasteiger partial charge in [-0.15, -0.1) is 23.1 Å². The Labute approximate surface area is 168 Å². The monoisotopic (exact) mass is 423 g/mol. The molecule has 28 heavy (non-hydrogen) atoms. The van der Waals surface area contributed by atoms with Crippen molar-refractivity contribution in [1.29, 1.82) is 0 Å². The number of carbonyl (C=O) groups is 3. The summed E-state index contributed by atoms with van der Waals surface area (Å²) in [7, 11) is 1.30. The summed E-state index contributed by atoms with van der Waals surface area (Å²) in [4.78, 5) is 47.0. The number of esters is 1. The molecule has 12 heteroatoms. The molecule has 2 aliphatic rings. The molecule has 2 aliphatic heterocycles. The minimum atomic E-state index is -0.752. The van der Waals surface area contributed by atoms with Crippen LogP contribution in [0, 0.1) is 0 Å². The van der Waals surface area contributed by atoms with Gasteiger partial charge in [0.05, 0.1) is 5.57 Å². The average molecular weight is 423 g/mol. The number of hydrogen-bond acceptors (Lipinski definition) is 10. The second kappa shape index (κ2) is 8.44. The van der Waals surface area contributed by atoms with Crippen LogP contribution < -0.4 is 11.1 Å². The van der Waals surface area contributed by atoms with Gasteiger partial charge in [-0.3, -0.25) is 9.59 Å². The lowest BCUT2D eigenvalue weighted by Gasteiger charge is -2.47. The Morgan fingerprint density at radius 2 is 2.36 bits per heavy atom. The lowest BCUT2D eigenvalue weighted by Crippen LogP contribution is -2.69. The number of aromatic nitrogens is 1. The Balaban J connectivity index is 1.67. The first kappa shape index (κ1) is 19.9. The molecule has 3 heterocycles. The Morgan fingerprint density at radius 3 is 3.00 bits per heavy atom. The third-order valence-electron chi connectivity index (χ3n) is 3.83. The number of amides is 2. The van der Waals surface area contributed by atoms with Crippen molar-refractivity contribution in [2.45, 2.75) is 11.4 Å². The van der Waals surface area contributed by atoms with Crippen molar-refractivity contribution in [2.24, 2.45) is 5.16 Å². The maximum Gasteiger partial charge on any atom is 0.336 e. The van der Waals surface area contributed by atoms with Crippen molar-refractivity contribution in [3.05, 3.63) is 35.5 Å². The third kappa shape index (κ3) is 3.87. The maximum atomic E-state index is 12.6. The van der Waals surface area contributed by atoms with Gasteiger partial charge < -0.3 is 25.5 Å². The zero-order valence-electron chi connectivity index (χ0n) is 14.8. The fourth-order valence-corrected chi connectivity index (χ4v) is 4.35. The van der Waals surface area contributed by atoms with E-state index in [2.05, 4.69) is 22.0 Å². The van der Waals surface area contributed by atoms with Gasteiger partial charge in [0.2, 0.25) is 0 Å². The van der Waals surface area contributed by atoms with E-state index < -0.39 is 17.9 Å². The van der Waals surface area contributed by atoms with Crippen LogP contribution in [0.2, 0.25) is 0 Å². The van der Waals surface area contributed by atoms with Crippen molar-refractivity contribution in [3.8, 4) is 0 Å². The largest absolute Gasteiger partial charge is 0.458 e. The lowest BCUT2D eigenvalue weighted by molar-refractivity contribution is -0.144. The number of fused-ring (bicyclic) bond motifs is 1. The lowest BCUT2D eigenvalue weighted by atomic mass is 10.1. The summed E-state index contributed by atoms with van der Waals surface area (Å²) in [5, 5.41) is 7.86. The predicted molar refractivity (Wildman–Crippen MR) is 104 cm³/mol. The van der Waals surface area contributed by atoms with Gasteiger partial charge in [0.15, 0.2) is 10.8 Å². The summed E-state index contributed by atoms with van der Waals surface area (Å²) < 4.78 is 4.98. The van der Waals surface area contributed by atoms with Crippen LogP contribution in [-0.4, -0.2) is 64.3 Å². The first-order valence-electron chi connectivity index (χ1n) is 8.02. The number of β-lactam (4-membered cyclic amide) rings is 1. The van der Waals surface area contributed by atoms with Gasteiger partial charge in [-0.25, -0.2) is 9.78 Å². The zero-order valence-corrected chi connectivity index (χ0v) is 16.4. The fraction of sp³-hybridized carbons (Fsp3) is 0.312. The Hall–Kier alpha value is -2.86. The smallest absolute Gasteiger partial charge is 0.336 e. The number of carbonyl (C=O) groups excluding carboxylic acids is 3. The number of anilines is 1. The number of hydrogen-bond donors (Lipinski definition) is 2. The van der Waals surface area contributed by atoms with Crippen LogP contribution in [0.4, 0.5) is 5.13 Å². The summed E-state index contributed by atoms with van der Waals surface area (Å²) >= 11 is 2.51. The van der Waals surface area contributed by atoms with Crippen LogP contribution >= 0.6 is 23.1 Å². The van der Waals surface area contributed by atoms with Gasteiger partial charge in [-0.2, -0.15) is 0 Å². The molecule has 1 fully saturated rings. The molecule has 3 rings (SSSR count). The van der Waals surface area contributed by atoms with Crippen LogP contribution in [0.15, 0.2) is 35.0 Å². The molecule has 1 unspecified atom stereocenters. The van der Waals surface area contributed by atoms with Crippen LogP contribution in [0.3, 0.4) is 0 Å². The van der Waals surface area contributed by atoms with Gasteiger partial charge in [0, 0.05) is 17.3 Å². The van der Waals surface area contributed by atoms with Gasteiger partial charge in [-0.05, 0) is 0 Å². The van der Waals surface area contributed by atoms with E-state index in [1.165, 1.54) is 36.0 Å². The Bertz CT molecular complexity index is 881. The average Bonchev–Trinajstić information content (AvgIpc) is 3.13. The molecular weight excluding hydrogens is 406 g/mol. The van der Waals surface area contributed by atoms with E-state index in [1.807, 2.05) is 0 Å². The molecule has 0 bridgehead atoms. The molecule has 0 radical (unpaired) electrons. The first-order valence-corrected chi connectivity index (χ1v) is 9.95. The van der Waals surface area contributed by atoms with Gasteiger partial charge in [-0.1, -0.05) is 17.8 Å². The number of thiazole rings is 1. The summed E-state index contributed by atoms with van der Waals surface area (Å²) in [6.45, 7) is 3.58. The van der Waals surface area contributed by atoms with Crippen molar-refractivity contribution >= 4 is 51.7 Å². The predicted octanol–water partition coefficient (Wildman–Crippen LogP) is 0.0888. The summed E-state index contributed by atoms with van der Waals surface area (Å²) in [5.74, 6) is -1.08. The minimum absolute atomic E-state index is 0.0771. The number of nitrogens with two attached hydrogens (primary N) is 1. The SMILES string of the molecule is C=CCOC(=O)C1=CN2C(=O)C(NC(=O)C(=NOC)c3csc(N)n3)[C@H]2SC1. The number of nitrogen functional groups attached to an aromatic ring is 1. The molecule has 2 atom stereocenters. The molecule has 1 aromatic rings. The molecule has 1 saturated heterocycles. The van der Waals surface area contributed by atoms with E-state index in [1.54, 1.807) is 5.38 Å². The highest BCUT2D eigenvalue weighted by Gasteiger charge is 2.50. The van der Waals surface area contributed by atoms with E-state index in [9.17, 15) is 14.4 Å². The topological polar surface area (TPSA) is 136 Å². The molecule has 0 saturated carbocycles. The number of ether oxygens (including phenoxy) is 1. The standard InChI is InChI=1S/C16H17N5O5S2/c1-3-4-26-15(24)8-5-21-13(23)11(14(21)27-6-8)19-12(22)10(20-25-2)9-7-28-16(17)18-9/h3,5,7,11,14H,1,4,6H2,2H3,(H2,17,18)(H,19,22)/t11?,14-/m1/s1. The Morgan fingerprint density at radius 1 is 1.57 bits per heavy atom. The van der Waals surface area contributed by atoms with Crippen LogP contribution in [0.1, 0.15) is 5.69 Å². The highest BCUT2D eigenvalue weighted by molar-refractivity contribution is 8.00. The van der Waals surface area contributed by atoms with Gasteiger partial charge >= 0.3 is 5.97 Å². The molecule has 0 spiro atoms. The van der Waals surface area contributed by atoms with Crippen LogP contribution in [0.5, 0.6) is 0 Å². The van der Waals surface area contributed by atoms with Crippen LogP contribution in [0.25, 0.3) is 0 Å². The summed E-state index contributed by atoms with van der Waals surface area (Å²) in [6, 6.07) is -0.752. The third-order valence-corrected chi connectivity index (χ3v) is 5.82. The second-order valence-corrected chi connectivity index (χ2v) is 7.63. The van der Waals surface area contributed by atoms with Crippen molar-refractivity contribution in [2.75, 3.05) is 25.2 Å². The van der Waals surface area contributed by atoms with E-state index in [-0.39, 0.29) is 34.4 Å². The maximum absolute atomic E-state index is 12.6. The number of thioether (sulfide) groups is 1. The van der Waals surface area contributed by atoms with E-state index >= 15 is 0 Å². The van der Waals surface area contributed by atoms with Crippen molar-refractivity contribution < 1.29 is 24.0 Å². The highest BCUT2D eigenvalue weighted by Crippen LogP contribution is 2.36. The van der Waals surface area contributed by atoms with E-state index in [4.69, 9.17) is 15.3 Å². The van der Waals surface area contributed by atoms with Crippen molar-refractivity contribution in [3.63, 3.8) is 0 Å². The normalized spacial score (nSPS) is 21.2. The fourth-order valence-electron chi connectivity index (χ4n) is 2.55. The molecule has 2 amide bonds. The zero-order chi connectivity index (χ0) is 20.3. The molecular formula is C16H17N5O5S2. The minimum Gasteiger partial charge on any atom is -0.458 e. The molecule has 1 aromatic heterocycles. The number of oxime groups is 1. The summed E-state index contributed by atoms with van der Waals surface area (Å²) in [6.07, 6.45) is 2.93. The van der Waals surface area contributed by atoms with Gasteiger partial charge in [0.1, 0.15) is 30.8 Å². The van der Waals surface area contributed by atoms with E-state index in [0.29, 0.717) is 11.3 Å². The summed E-state index contributed by atoms with van der Waals surface area (Å²) in [5.41, 5.74) is 6.15. The van der Waals surface area contributed by atoms with E-state index in [0.717, 1.165) is 11.3 Å². The number of nitrogens with one attached hydrogen (secondary N) is 1. The van der Waals surface area contributed by atoms with Crippen molar-refractivity contribution in [1.82, 2.24) is 15.2 Å². The molecule has 0 aliphatic carbocycles. The number of rotatable bonds is 7. The van der Waals surface area contributed by atoms with Crippen LogP contribution in [-0.2, 0) is 24.0 Å². The molecule has 0 aromatic carbocycles. The second-order valence-electron chi connectivity index (χ2n) is 5.63.